The Hall–Kier alpha value is -1.87. The Kier molecular flexibility index (Phi) is 4.20. The minimum atomic E-state index is 0.273. The maximum atomic E-state index is 5.94. The van der Waals surface area contributed by atoms with Crippen LogP contribution in [-0.2, 0) is 0 Å². The number of pyridine rings is 1. The summed E-state index contributed by atoms with van der Waals surface area (Å²) in [4.78, 5) is 4.21. The van der Waals surface area contributed by atoms with Crippen molar-refractivity contribution in [3.63, 3.8) is 0 Å². The maximum Gasteiger partial charge on any atom is 0.126 e. The molecule has 0 spiro atoms. The van der Waals surface area contributed by atoms with Gasteiger partial charge in [-0.3, -0.25) is 4.98 Å². The highest BCUT2D eigenvalue weighted by atomic mass is 16.5. The van der Waals surface area contributed by atoms with Crippen molar-refractivity contribution >= 4 is 0 Å². The zero-order valence-electron chi connectivity index (χ0n) is 12.7. The molecule has 2 heterocycles. The molecular weight excluding hydrogens is 260 g/mol. The van der Waals surface area contributed by atoms with Crippen molar-refractivity contribution in [1.82, 2.24) is 10.3 Å². The first-order valence-electron chi connectivity index (χ1n) is 7.64. The molecule has 110 valence electrons. The number of nitrogens with one attached hydrogen (secondary N) is 1. The lowest BCUT2D eigenvalue weighted by Gasteiger charge is -2.24. The van der Waals surface area contributed by atoms with Gasteiger partial charge in [0.25, 0.3) is 0 Å². The van der Waals surface area contributed by atoms with Crippen LogP contribution in [0.2, 0.25) is 0 Å². The monoisotopic (exact) mass is 282 g/mol. The van der Waals surface area contributed by atoms with Crippen molar-refractivity contribution in [1.29, 1.82) is 0 Å². The van der Waals surface area contributed by atoms with E-state index in [-0.39, 0.29) is 6.04 Å². The van der Waals surface area contributed by atoms with E-state index in [1.54, 1.807) is 0 Å². The Labute approximate surface area is 126 Å². The van der Waals surface area contributed by atoms with Crippen molar-refractivity contribution in [3.8, 4) is 5.75 Å². The smallest absolute Gasteiger partial charge is 0.126 e. The van der Waals surface area contributed by atoms with Crippen LogP contribution in [0.15, 0.2) is 42.7 Å². The van der Waals surface area contributed by atoms with Crippen molar-refractivity contribution < 1.29 is 4.74 Å². The van der Waals surface area contributed by atoms with Crippen LogP contribution < -0.4 is 10.1 Å². The molecule has 2 atom stereocenters. The van der Waals surface area contributed by atoms with Gasteiger partial charge in [0.1, 0.15) is 5.75 Å². The summed E-state index contributed by atoms with van der Waals surface area (Å²) in [5, 5.41) is 3.74. The molecule has 3 heteroatoms. The number of ether oxygens (including phenoxy) is 1. The Morgan fingerprint density at radius 1 is 1.29 bits per heavy atom. The quantitative estimate of drug-likeness (QED) is 0.925. The lowest BCUT2D eigenvalue weighted by atomic mass is 9.98. The molecule has 0 saturated heterocycles. The Morgan fingerprint density at radius 2 is 2.19 bits per heavy atom. The van der Waals surface area contributed by atoms with Gasteiger partial charge < -0.3 is 10.1 Å². The molecule has 1 aliphatic rings. The summed E-state index contributed by atoms with van der Waals surface area (Å²) < 4.78 is 5.94. The predicted octanol–water partition coefficient (Wildman–Crippen LogP) is 3.95. The lowest BCUT2D eigenvalue weighted by molar-refractivity contribution is 0.312. The molecule has 1 unspecified atom stereocenters. The van der Waals surface area contributed by atoms with Crippen LogP contribution in [0.5, 0.6) is 5.75 Å². The largest absolute Gasteiger partial charge is 0.493 e. The van der Waals surface area contributed by atoms with Gasteiger partial charge in [-0.25, -0.2) is 0 Å². The van der Waals surface area contributed by atoms with Gasteiger partial charge in [0.05, 0.1) is 6.61 Å². The number of hydrogen-bond donors (Lipinski definition) is 1. The first-order chi connectivity index (χ1) is 10.3. The van der Waals surface area contributed by atoms with E-state index < -0.39 is 0 Å². The fourth-order valence-electron chi connectivity index (χ4n) is 2.97. The van der Waals surface area contributed by atoms with E-state index in [4.69, 9.17) is 4.74 Å². The lowest BCUT2D eigenvalue weighted by Crippen LogP contribution is -2.24. The van der Waals surface area contributed by atoms with Gasteiger partial charge in [0.2, 0.25) is 0 Å². The van der Waals surface area contributed by atoms with E-state index in [1.165, 1.54) is 16.7 Å². The number of para-hydroxylation sites is 1. The third-order valence-electron chi connectivity index (χ3n) is 4.14. The van der Waals surface area contributed by atoms with Gasteiger partial charge in [-0.15, -0.1) is 0 Å². The molecule has 0 fully saturated rings. The van der Waals surface area contributed by atoms with Crippen molar-refractivity contribution in [3.05, 3.63) is 59.4 Å². The summed E-state index contributed by atoms with van der Waals surface area (Å²) in [6.07, 6.45) is 5.92. The zero-order chi connectivity index (χ0) is 14.7. The second-order valence-corrected chi connectivity index (χ2v) is 5.71. The highest BCUT2D eigenvalue weighted by molar-refractivity contribution is 5.43. The van der Waals surface area contributed by atoms with Gasteiger partial charge in [-0.2, -0.15) is 0 Å². The van der Waals surface area contributed by atoms with Gasteiger partial charge in [0.15, 0.2) is 0 Å². The summed E-state index contributed by atoms with van der Waals surface area (Å²) in [7, 11) is 0. The standard InChI is InChI=1S/C18H22N2O/c1-13-6-3-8-16-17(9-5-11-21-18(13)16)20-14(2)15-7-4-10-19-12-15/h3-4,6-8,10,12,14,17,20H,5,9,11H2,1-2H3/t14-,17?/m0/s1. The summed E-state index contributed by atoms with van der Waals surface area (Å²) in [6.45, 7) is 5.11. The molecule has 3 rings (SSSR count). The first-order valence-corrected chi connectivity index (χ1v) is 7.64. The molecule has 1 aliphatic heterocycles. The molecular formula is C18H22N2O. The molecule has 0 amide bonds. The van der Waals surface area contributed by atoms with E-state index >= 15 is 0 Å². The van der Waals surface area contributed by atoms with Crippen LogP contribution in [0.1, 0.15) is 48.5 Å². The molecule has 0 aliphatic carbocycles. The molecule has 21 heavy (non-hydrogen) atoms. The molecule has 1 N–H and O–H groups in total. The predicted molar refractivity (Wildman–Crippen MR) is 84.4 cm³/mol. The van der Waals surface area contributed by atoms with E-state index in [9.17, 15) is 0 Å². The van der Waals surface area contributed by atoms with Crippen LogP contribution in [0.25, 0.3) is 0 Å². The molecule has 3 nitrogen and oxygen atoms in total. The van der Waals surface area contributed by atoms with Gasteiger partial charge in [-0.05, 0) is 43.9 Å². The molecule has 0 radical (unpaired) electrons. The number of hydrogen-bond acceptors (Lipinski definition) is 3. The molecule has 1 aromatic carbocycles. The first kappa shape index (κ1) is 14.1. The number of fused-ring (bicyclic) bond motifs is 1. The highest BCUT2D eigenvalue weighted by Crippen LogP contribution is 2.35. The van der Waals surface area contributed by atoms with E-state index in [2.05, 4.69) is 48.4 Å². The van der Waals surface area contributed by atoms with E-state index in [0.29, 0.717) is 6.04 Å². The third-order valence-corrected chi connectivity index (χ3v) is 4.14. The van der Waals surface area contributed by atoms with Crippen LogP contribution in [0.4, 0.5) is 0 Å². The van der Waals surface area contributed by atoms with Crippen LogP contribution in [0.3, 0.4) is 0 Å². The highest BCUT2D eigenvalue weighted by Gasteiger charge is 2.22. The molecule has 2 aromatic rings. The minimum Gasteiger partial charge on any atom is -0.493 e. The summed E-state index contributed by atoms with van der Waals surface area (Å²) in [5.41, 5.74) is 3.72. The van der Waals surface area contributed by atoms with Crippen molar-refractivity contribution in [2.45, 2.75) is 38.8 Å². The van der Waals surface area contributed by atoms with Crippen molar-refractivity contribution in [2.75, 3.05) is 6.61 Å². The second kappa shape index (κ2) is 6.27. The summed E-state index contributed by atoms with van der Waals surface area (Å²) >= 11 is 0. The van der Waals surface area contributed by atoms with Gasteiger partial charge in [-0.1, -0.05) is 24.3 Å². The average molecular weight is 282 g/mol. The number of aryl methyl sites for hydroxylation is 1. The van der Waals surface area contributed by atoms with Gasteiger partial charge in [0, 0.05) is 30.0 Å². The topological polar surface area (TPSA) is 34.1 Å². The van der Waals surface area contributed by atoms with Crippen LogP contribution in [0, 0.1) is 6.92 Å². The molecule has 1 aromatic heterocycles. The Morgan fingerprint density at radius 3 is 3.00 bits per heavy atom. The van der Waals surface area contributed by atoms with E-state index in [1.807, 2.05) is 18.5 Å². The third kappa shape index (κ3) is 3.08. The summed E-state index contributed by atoms with van der Waals surface area (Å²) in [5.74, 6) is 1.06. The number of benzene rings is 1. The number of nitrogens with zero attached hydrogens (tertiary/aromatic N) is 1. The average Bonchev–Trinajstić information content (AvgIpc) is 2.72. The molecule has 0 saturated carbocycles. The normalized spacial score (nSPS) is 19.2. The Bertz CT molecular complexity index is 597. The fraction of sp³-hybridized carbons (Fsp3) is 0.389. The SMILES string of the molecule is Cc1cccc2c1OCCCC2N[C@@H](C)c1cccnc1. The number of aromatic nitrogens is 1. The minimum absolute atomic E-state index is 0.273. The zero-order valence-corrected chi connectivity index (χ0v) is 12.7. The van der Waals surface area contributed by atoms with Gasteiger partial charge >= 0.3 is 0 Å². The van der Waals surface area contributed by atoms with E-state index in [0.717, 1.165) is 25.2 Å². The van der Waals surface area contributed by atoms with Crippen molar-refractivity contribution in [2.24, 2.45) is 0 Å². The Balaban J connectivity index is 1.84. The van der Waals surface area contributed by atoms with Crippen LogP contribution in [-0.4, -0.2) is 11.6 Å². The fourth-order valence-corrected chi connectivity index (χ4v) is 2.97. The maximum absolute atomic E-state index is 5.94. The van der Waals surface area contributed by atoms with Crippen LogP contribution >= 0.6 is 0 Å². The molecule has 0 bridgehead atoms. The second-order valence-electron chi connectivity index (χ2n) is 5.71. The summed E-state index contributed by atoms with van der Waals surface area (Å²) in [6, 6.07) is 11.1. The number of rotatable bonds is 3.